The molecule has 8 N–H and O–H groups in total. The zero-order valence-corrected chi connectivity index (χ0v) is 38.1. The molecule has 17 heteroatoms. The molecule has 1 saturated heterocycles. The third kappa shape index (κ3) is 17.8. The number of nitrogens with zero attached hydrogens (tertiary/aromatic N) is 5. The summed E-state index contributed by atoms with van der Waals surface area (Å²) in [7, 11) is 3.15. The Labute approximate surface area is 384 Å². The molecule has 0 bridgehead atoms. The SMILES string of the molecule is C.CCC(c1ccccc1)C(C(=O)[O-])C(C)C(=O)NCCc1cnc[nH]1.CCC(c1ccccc1)C1C(=O)N(CCc2cnc[nH]2)C(=O)C1C.C[N+](C)([O-])CCN.NCCc1cnc[nH]1. The highest BCUT2D eigenvalue weighted by Gasteiger charge is 2.48. The number of quaternary nitrogens is 1. The summed E-state index contributed by atoms with van der Waals surface area (Å²) < 4.78 is -0.281. The number of rotatable bonds is 19. The second-order valence-corrected chi connectivity index (χ2v) is 16.3. The highest BCUT2D eigenvalue weighted by atomic mass is 16.5. The first-order chi connectivity index (χ1) is 30.7. The number of aromatic nitrogens is 6. The van der Waals surface area contributed by atoms with E-state index in [2.05, 4.69) is 42.1 Å². The summed E-state index contributed by atoms with van der Waals surface area (Å²) in [6.45, 7) is 10.0. The normalized spacial score (nSPS) is 16.2. The molecular weight excluding hydrogens is 827 g/mol. The van der Waals surface area contributed by atoms with Crippen LogP contribution in [0.1, 0.15) is 88.0 Å². The fraction of sp³-hybridized carbons (Fsp3) is 0.479. The van der Waals surface area contributed by atoms with Gasteiger partial charge in [0.25, 0.3) is 0 Å². The molecule has 1 aliphatic heterocycles. The highest BCUT2D eigenvalue weighted by Crippen LogP contribution is 2.39. The van der Waals surface area contributed by atoms with Crippen molar-refractivity contribution >= 4 is 23.7 Å². The lowest BCUT2D eigenvalue weighted by Crippen LogP contribution is -2.45. The van der Waals surface area contributed by atoms with Crippen LogP contribution in [0.2, 0.25) is 0 Å². The molecule has 65 heavy (non-hydrogen) atoms. The Morgan fingerprint density at radius 2 is 1.29 bits per heavy atom. The predicted molar refractivity (Wildman–Crippen MR) is 251 cm³/mol. The number of H-pyrrole nitrogens is 3. The van der Waals surface area contributed by atoms with Gasteiger partial charge in [-0.25, -0.2) is 15.0 Å². The summed E-state index contributed by atoms with van der Waals surface area (Å²) in [4.78, 5) is 71.8. The van der Waals surface area contributed by atoms with E-state index in [1.807, 2.05) is 74.5 Å². The Kier molecular flexibility index (Phi) is 24.4. The van der Waals surface area contributed by atoms with E-state index in [1.54, 1.807) is 58.6 Å². The van der Waals surface area contributed by atoms with Crippen LogP contribution in [-0.2, 0) is 38.4 Å². The van der Waals surface area contributed by atoms with E-state index in [-0.39, 0.29) is 53.5 Å². The number of hydrogen-bond acceptors (Lipinski definition) is 11. The molecule has 1 aliphatic rings. The van der Waals surface area contributed by atoms with Crippen LogP contribution < -0.4 is 21.9 Å². The number of amides is 3. The number of hydrogen-bond donors (Lipinski definition) is 6. The number of carbonyl (C=O) groups is 4. The average Bonchev–Trinajstić information content (AvgIpc) is 4.13. The summed E-state index contributed by atoms with van der Waals surface area (Å²) in [5, 5.41) is 25.1. The van der Waals surface area contributed by atoms with Gasteiger partial charge in [0, 0.05) is 98.3 Å². The average molecular weight is 899 g/mol. The molecule has 5 aromatic rings. The van der Waals surface area contributed by atoms with Gasteiger partial charge in [0.2, 0.25) is 17.7 Å². The van der Waals surface area contributed by atoms with E-state index in [4.69, 9.17) is 11.5 Å². The van der Waals surface area contributed by atoms with E-state index < -0.39 is 17.8 Å². The van der Waals surface area contributed by atoms with Gasteiger partial charge in [0.15, 0.2) is 0 Å². The van der Waals surface area contributed by atoms with E-state index in [9.17, 15) is 29.5 Å². The summed E-state index contributed by atoms with van der Waals surface area (Å²) in [5.41, 5.74) is 15.4. The number of likely N-dealkylation sites (tertiary alicyclic amines) is 1. The van der Waals surface area contributed by atoms with E-state index in [0.717, 1.165) is 41.1 Å². The van der Waals surface area contributed by atoms with Crippen molar-refractivity contribution in [2.75, 3.05) is 46.8 Å². The van der Waals surface area contributed by atoms with Gasteiger partial charge < -0.3 is 51.5 Å². The summed E-state index contributed by atoms with van der Waals surface area (Å²) in [6, 6.07) is 19.5. The van der Waals surface area contributed by atoms with Gasteiger partial charge >= 0.3 is 0 Å². The molecule has 2 aromatic carbocycles. The number of aromatic amines is 3. The van der Waals surface area contributed by atoms with Crippen LogP contribution in [-0.4, -0.2) is 110 Å². The Hall–Kier alpha value is -6.01. The van der Waals surface area contributed by atoms with E-state index in [0.29, 0.717) is 52.0 Å². The quantitative estimate of drug-likeness (QED) is 0.0390. The van der Waals surface area contributed by atoms with Crippen LogP contribution in [0.25, 0.3) is 0 Å². The van der Waals surface area contributed by atoms with Gasteiger partial charge in [0.05, 0.1) is 45.5 Å². The third-order valence-corrected chi connectivity index (χ3v) is 11.2. The largest absolute Gasteiger partial charge is 0.633 e. The molecule has 0 saturated carbocycles. The van der Waals surface area contributed by atoms with Crippen molar-refractivity contribution in [2.45, 2.75) is 79.1 Å². The maximum atomic E-state index is 12.9. The summed E-state index contributed by atoms with van der Waals surface area (Å²) in [6.07, 6.45) is 13.6. The Balaban J connectivity index is 0.000000336. The smallest absolute Gasteiger partial charge is 0.233 e. The lowest BCUT2D eigenvalue weighted by molar-refractivity contribution is -0.838. The molecule has 0 aliphatic carbocycles. The molecule has 6 unspecified atom stereocenters. The highest BCUT2D eigenvalue weighted by molar-refractivity contribution is 6.05. The molecule has 0 spiro atoms. The zero-order chi connectivity index (χ0) is 47.1. The molecule has 4 heterocycles. The van der Waals surface area contributed by atoms with Crippen LogP contribution in [0.3, 0.4) is 0 Å². The standard InChI is InChI=1S/C19H25N3O3.C19H23N3O2.C5H9N3.C4H12N2O.CH4/c1-3-16(14-7-5-4-6-8-14)17(19(24)25)13(2)18(23)21-10-9-15-11-20-12-22-15;1-3-16(14-7-5-4-6-8-14)17-13(2)18(23)22(19(17)24)10-9-15-11-20-12-21-15;6-2-1-5-3-7-4-8-5;1-6(2,7)4-3-5;/h4-8,11-13,16-17H,3,9-10H2,1-2H3,(H,20,22)(H,21,23)(H,24,25);4-8,11-13,16-17H,3,9-10H2,1-2H3,(H,20,21);3-4H,1-2,6H2,(H,7,8);3-5H2,1-2H3;1H4/p-1. The minimum Gasteiger partial charge on any atom is -0.633 e. The van der Waals surface area contributed by atoms with Gasteiger partial charge in [-0.05, 0) is 42.3 Å². The van der Waals surface area contributed by atoms with Crippen LogP contribution in [0.5, 0.6) is 0 Å². The summed E-state index contributed by atoms with van der Waals surface area (Å²) in [5.74, 6) is -3.85. The van der Waals surface area contributed by atoms with Crippen LogP contribution >= 0.6 is 0 Å². The molecule has 3 aromatic heterocycles. The number of nitrogens with one attached hydrogen (secondary N) is 4. The first-order valence-electron chi connectivity index (χ1n) is 22.0. The molecule has 3 amide bonds. The molecule has 6 rings (SSSR count). The van der Waals surface area contributed by atoms with Crippen LogP contribution in [0.15, 0.2) is 98.2 Å². The second-order valence-electron chi connectivity index (χ2n) is 16.3. The van der Waals surface area contributed by atoms with E-state index >= 15 is 0 Å². The molecule has 356 valence electrons. The van der Waals surface area contributed by atoms with Crippen molar-refractivity contribution in [2.24, 2.45) is 35.1 Å². The first-order valence-corrected chi connectivity index (χ1v) is 22.0. The number of imidazole rings is 3. The Bertz CT molecular complexity index is 2040. The fourth-order valence-corrected chi connectivity index (χ4v) is 7.76. The lowest BCUT2D eigenvalue weighted by Gasteiger charge is -2.32. The Morgan fingerprint density at radius 3 is 1.71 bits per heavy atom. The first kappa shape index (κ1) is 55.1. The molecule has 1 fully saturated rings. The Morgan fingerprint density at radius 1 is 0.785 bits per heavy atom. The van der Waals surface area contributed by atoms with Crippen molar-refractivity contribution in [3.8, 4) is 0 Å². The number of carbonyl (C=O) groups excluding carboxylic acids is 4. The number of carboxylic acids is 1. The molecular formula is C48H72N11O6-. The van der Waals surface area contributed by atoms with Crippen molar-refractivity contribution < 1.29 is 28.9 Å². The third-order valence-electron chi connectivity index (χ3n) is 11.2. The van der Waals surface area contributed by atoms with Gasteiger partial charge in [-0.1, -0.05) is 95.8 Å². The number of nitrogens with two attached hydrogens (primary N) is 2. The van der Waals surface area contributed by atoms with Crippen LogP contribution in [0.4, 0.5) is 0 Å². The molecule has 17 nitrogen and oxygen atoms in total. The number of carboxylic acid groups (broad SMARTS) is 1. The number of aliphatic carboxylic acids is 1. The topological polar surface area (TPSA) is 268 Å². The van der Waals surface area contributed by atoms with E-state index in [1.165, 1.54) is 4.90 Å². The van der Waals surface area contributed by atoms with Gasteiger partial charge in [0.1, 0.15) is 0 Å². The van der Waals surface area contributed by atoms with Crippen LogP contribution in [0, 0.1) is 28.9 Å². The van der Waals surface area contributed by atoms with Gasteiger partial charge in [-0.2, -0.15) is 0 Å². The number of hydroxylamine groups is 3. The minimum absolute atomic E-state index is 0. The second kappa shape index (κ2) is 28.7. The van der Waals surface area contributed by atoms with Crippen molar-refractivity contribution in [1.82, 2.24) is 40.1 Å². The van der Waals surface area contributed by atoms with Gasteiger partial charge in [-0.3, -0.25) is 19.3 Å². The van der Waals surface area contributed by atoms with Crippen molar-refractivity contribution in [1.29, 1.82) is 0 Å². The summed E-state index contributed by atoms with van der Waals surface area (Å²) >= 11 is 0. The van der Waals surface area contributed by atoms with Crippen molar-refractivity contribution in [3.05, 3.63) is 132 Å². The molecule has 0 radical (unpaired) electrons. The fourth-order valence-electron chi connectivity index (χ4n) is 7.76. The van der Waals surface area contributed by atoms with Gasteiger partial charge in [-0.15, -0.1) is 0 Å². The van der Waals surface area contributed by atoms with Crippen molar-refractivity contribution in [3.63, 3.8) is 0 Å². The number of likely N-dealkylation sites (N-methyl/N-ethyl adjacent to an activating group) is 1. The maximum Gasteiger partial charge on any atom is 0.233 e. The lowest BCUT2D eigenvalue weighted by atomic mass is 9.76. The zero-order valence-electron chi connectivity index (χ0n) is 38.1. The molecule has 6 atom stereocenters. The maximum absolute atomic E-state index is 12.9. The minimum atomic E-state index is -1.19. The number of benzene rings is 2. The number of imide groups is 1. The predicted octanol–water partition coefficient (Wildman–Crippen LogP) is 4.10. The monoisotopic (exact) mass is 899 g/mol.